The maximum absolute atomic E-state index is 12.4. The average Bonchev–Trinajstić information content (AvgIpc) is 2.98. The molecule has 0 atom stereocenters. The van der Waals surface area contributed by atoms with Crippen LogP contribution in [0, 0.1) is 0 Å². The summed E-state index contributed by atoms with van der Waals surface area (Å²) in [7, 11) is 3.26. The molecule has 2 aromatic carbocycles. The predicted molar refractivity (Wildman–Crippen MR) is 90.0 cm³/mol. The van der Waals surface area contributed by atoms with Crippen molar-refractivity contribution in [3.8, 4) is 5.75 Å². The van der Waals surface area contributed by atoms with Crippen LogP contribution in [0.5, 0.6) is 5.75 Å². The van der Waals surface area contributed by atoms with E-state index in [1.165, 1.54) is 0 Å². The molecule has 0 saturated heterocycles. The Kier molecular flexibility index (Phi) is 4.30. The Labute approximate surface area is 134 Å². The molecule has 1 aromatic heterocycles. The van der Waals surface area contributed by atoms with Crippen molar-refractivity contribution in [3.05, 3.63) is 59.8 Å². The molecule has 0 aliphatic heterocycles. The first kappa shape index (κ1) is 15.1. The fourth-order valence-corrected chi connectivity index (χ4v) is 2.46. The molecule has 0 unspecified atom stereocenters. The number of ether oxygens (including phenoxy) is 2. The van der Waals surface area contributed by atoms with Gasteiger partial charge in [0.05, 0.1) is 13.7 Å². The van der Waals surface area contributed by atoms with Gasteiger partial charge in [0, 0.05) is 29.8 Å². The molecule has 5 nitrogen and oxygen atoms in total. The van der Waals surface area contributed by atoms with Gasteiger partial charge >= 0.3 is 0 Å². The third-order valence-corrected chi connectivity index (χ3v) is 3.57. The number of fused-ring (bicyclic) bond motifs is 1. The second-order valence-corrected chi connectivity index (χ2v) is 5.22. The second kappa shape index (κ2) is 6.54. The van der Waals surface area contributed by atoms with E-state index in [2.05, 4.69) is 10.3 Å². The van der Waals surface area contributed by atoms with Crippen LogP contribution in [0.4, 0.5) is 5.69 Å². The van der Waals surface area contributed by atoms with Crippen molar-refractivity contribution in [2.45, 2.75) is 6.61 Å². The van der Waals surface area contributed by atoms with Gasteiger partial charge in [0.15, 0.2) is 0 Å². The number of nitrogens with one attached hydrogen (secondary N) is 2. The van der Waals surface area contributed by atoms with Crippen LogP contribution < -0.4 is 10.1 Å². The number of benzene rings is 2. The molecule has 0 aliphatic rings. The summed E-state index contributed by atoms with van der Waals surface area (Å²) in [6.45, 7) is 0.510. The van der Waals surface area contributed by atoms with Gasteiger partial charge in [-0.25, -0.2) is 0 Å². The Bertz CT molecular complexity index is 839. The number of H-pyrrole nitrogens is 1. The molecule has 0 bridgehead atoms. The lowest BCUT2D eigenvalue weighted by Gasteiger charge is -2.06. The number of anilines is 1. The number of carbonyl (C=O) groups is 1. The van der Waals surface area contributed by atoms with Gasteiger partial charge in [-0.2, -0.15) is 0 Å². The van der Waals surface area contributed by atoms with E-state index in [9.17, 15) is 4.79 Å². The molecule has 3 aromatic rings. The molecule has 23 heavy (non-hydrogen) atoms. The second-order valence-electron chi connectivity index (χ2n) is 5.22. The van der Waals surface area contributed by atoms with Gasteiger partial charge in [-0.1, -0.05) is 12.1 Å². The van der Waals surface area contributed by atoms with Crippen LogP contribution in [0.15, 0.2) is 48.5 Å². The van der Waals surface area contributed by atoms with Gasteiger partial charge in [0.1, 0.15) is 11.4 Å². The fourth-order valence-electron chi connectivity index (χ4n) is 2.46. The van der Waals surface area contributed by atoms with Gasteiger partial charge in [0.25, 0.3) is 5.91 Å². The minimum Gasteiger partial charge on any atom is -0.497 e. The van der Waals surface area contributed by atoms with Crippen molar-refractivity contribution in [1.82, 2.24) is 4.98 Å². The summed E-state index contributed by atoms with van der Waals surface area (Å²) in [6, 6.07) is 15.1. The van der Waals surface area contributed by atoms with E-state index < -0.39 is 0 Å². The molecule has 1 heterocycles. The highest BCUT2D eigenvalue weighted by atomic mass is 16.5. The van der Waals surface area contributed by atoms with E-state index in [0.29, 0.717) is 12.3 Å². The first-order valence-electron chi connectivity index (χ1n) is 7.25. The van der Waals surface area contributed by atoms with Crippen molar-refractivity contribution in [3.63, 3.8) is 0 Å². The molecule has 0 spiro atoms. The molecule has 0 fully saturated rings. The summed E-state index contributed by atoms with van der Waals surface area (Å²) in [5, 5.41) is 3.85. The van der Waals surface area contributed by atoms with Crippen molar-refractivity contribution < 1.29 is 14.3 Å². The van der Waals surface area contributed by atoms with E-state index in [1.807, 2.05) is 48.5 Å². The molecule has 0 radical (unpaired) electrons. The number of hydrogen-bond donors (Lipinski definition) is 2. The molecule has 0 aliphatic carbocycles. The SMILES string of the molecule is COCc1cccc(NC(=O)c2cc3ccc(OC)cc3[nH]2)c1. The highest BCUT2D eigenvalue weighted by molar-refractivity contribution is 6.06. The molecule has 5 heteroatoms. The molecule has 1 amide bonds. The largest absolute Gasteiger partial charge is 0.497 e. The molecular weight excluding hydrogens is 292 g/mol. The zero-order chi connectivity index (χ0) is 16.2. The summed E-state index contributed by atoms with van der Waals surface area (Å²) in [5.74, 6) is 0.563. The van der Waals surface area contributed by atoms with Crippen LogP contribution in [0.1, 0.15) is 16.1 Å². The van der Waals surface area contributed by atoms with Gasteiger partial charge in [-0.05, 0) is 35.9 Å². The van der Waals surface area contributed by atoms with Gasteiger partial charge in [0.2, 0.25) is 0 Å². The Hall–Kier alpha value is -2.79. The Morgan fingerprint density at radius 2 is 2.00 bits per heavy atom. The summed E-state index contributed by atoms with van der Waals surface area (Å²) in [5.41, 5.74) is 3.11. The maximum atomic E-state index is 12.4. The monoisotopic (exact) mass is 310 g/mol. The number of rotatable bonds is 5. The van der Waals surface area contributed by atoms with Crippen molar-refractivity contribution >= 4 is 22.5 Å². The van der Waals surface area contributed by atoms with E-state index in [1.54, 1.807) is 14.2 Å². The van der Waals surface area contributed by atoms with Crippen LogP contribution >= 0.6 is 0 Å². The summed E-state index contributed by atoms with van der Waals surface area (Å²) in [6.07, 6.45) is 0. The maximum Gasteiger partial charge on any atom is 0.272 e. The predicted octanol–water partition coefficient (Wildman–Crippen LogP) is 3.58. The van der Waals surface area contributed by atoms with E-state index >= 15 is 0 Å². The number of aromatic nitrogens is 1. The molecule has 3 rings (SSSR count). The quantitative estimate of drug-likeness (QED) is 0.757. The van der Waals surface area contributed by atoms with E-state index in [4.69, 9.17) is 9.47 Å². The smallest absolute Gasteiger partial charge is 0.272 e. The minimum atomic E-state index is -0.185. The van der Waals surface area contributed by atoms with Gasteiger partial charge in [-0.3, -0.25) is 4.79 Å². The lowest BCUT2D eigenvalue weighted by atomic mass is 10.2. The third kappa shape index (κ3) is 3.35. The molecule has 2 N–H and O–H groups in total. The average molecular weight is 310 g/mol. The Morgan fingerprint density at radius 3 is 2.78 bits per heavy atom. The first-order chi connectivity index (χ1) is 11.2. The Morgan fingerprint density at radius 1 is 1.13 bits per heavy atom. The Balaban J connectivity index is 1.81. The standard InChI is InChI=1S/C18H18N2O3/c1-22-11-12-4-3-5-14(8-12)19-18(21)17-9-13-6-7-15(23-2)10-16(13)20-17/h3-10,20H,11H2,1-2H3,(H,19,21). The van der Waals surface area contributed by atoms with Crippen LogP contribution in [-0.2, 0) is 11.3 Å². The number of carbonyl (C=O) groups excluding carboxylic acids is 1. The lowest BCUT2D eigenvalue weighted by Crippen LogP contribution is -2.12. The van der Waals surface area contributed by atoms with Gasteiger partial charge < -0.3 is 19.8 Å². The van der Waals surface area contributed by atoms with Crippen LogP contribution in [0.2, 0.25) is 0 Å². The normalized spacial score (nSPS) is 10.7. The topological polar surface area (TPSA) is 63.4 Å². The highest BCUT2D eigenvalue weighted by Gasteiger charge is 2.10. The summed E-state index contributed by atoms with van der Waals surface area (Å²) >= 11 is 0. The third-order valence-electron chi connectivity index (χ3n) is 3.57. The van der Waals surface area contributed by atoms with Crippen LogP contribution in [0.3, 0.4) is 0 Å². The van der Waals surface area contributed by atoms with Crippen molar-refractivity contribution in [2.24, 2.45) is 0 Å². The number of methoxy groups -OCH3 is 2. The highest BCUT2D eigenvalue weighted by Crippen LogP contribution is 2.22. The summed E-state index contributed by atoms with van der Waals surface area (Å²) < 4.78 is 10.3. The van der Waals surface area contributed by atoms with Crippen molar-refractivity contribution in [1.29, 1.82) is 0 Å². The van der Waals surface area contributed by atoms with Gasteiger partial charge in [-0.15, -0.1) is 0 Å². The molecule has 0 saturated carbocycles. The summed E-state index contributed by atoms with van der Waals surface area (Å²) in [4.78, 5) is 15.5. The lowest BCUT2D eigenvalue weighted by molar-refractivity contribution is 0.102. The zero-order valence-corrected chi connectivity index (χ0v) is 13.1. The number of aromatic amines is 1. The molecular formula is C18H18N2O3. The minimum absolute atomic E-state index is 0.185. The van der Waals surface area contributed by atoms with E-state index in [-0.39, 0.29) is 5.91 Å². The first-order valence-corrected chi connectivity index (χ1v) is 7.25. The number of hydrogen-bond acceptors (Lipinski definition) is 3. The van der Waals surface area contributed by atoms with Crippen molar-refractivity contribution in [2.75, 3.05) is 19.5 Å². The van der Waals surface area contributed by atoms with E-state index in [0.717, 1.165) is 27.9 Å². The van der Waals surface area contributed by atoms with Crippen LogP contribution in [-0.4, -0.2) is 25.1 Å². The number of amides is 1. The fraction of sp³-hybridized carbons (Fsp3) is 0.167. The zero-order valence-electron chi connectivity index (χ0n) is 13.1. The molecule has 118 valence electrons. The van der Waals surface area contributed by atoms with Crippen LogP contribution in [0.25, 0.3) is 10.9 Å².